The predicted molar refractivity (Wildman–Crippen MR) is 136 cm³/mol. The molecule has 4 aromatic rings. The molecule has 8 nitrogen and oxygen atoms in total. The molecule has 0 amide bonds. The summed E-state index contributed by atoms with van der Waals surface area (Å²) in [7, 11) is 1.60. The number of nitrogens with zero attached hydrogens (tertiary/aromatic N) is 5. The first kappa shape index (κ1) is 27.1. The maximum absolute atomic E-state index is 14.2. The van der Waals surface area contributed by atoms with Gasteiger partial charge in [-0.15, -0.1) is 22.6 Å². The third-order valence-corrected chi connectivity index (χ3v) is 6.31. The fourth-order valence-electron chi connectivity index (χ4n) is 4.73. The lowest BCUT2D eigenvalue weighted by Gasteiger charge is -2.30. The van der Waals surface area contributed by atoms with Crippen molar-refractivity contribution in [2.45, 2.75) is 37.7 Å². The monoisotopic (exact) mass is 536 g/mol. The smallest absolute Gasteiger partial charge is 0.408 e. The van der Waals surface area contributed by atoms with Crippen LogP contribution in [0, 0.1) is 0 Å². The Balaban J connectivity index is 0.00000320. The second kappa shape index (κ2) is 10.8. The number of halogens is 4. The lowest BCUT2D eigenvalue weighted by molar-refractivity contribution is -0.183. The quantitative estimate of drug-likeness (QED) is 0.374. The first-order valence-electron chi connectivity index (χ1n) is 11.7. The largest absolute Gasteiger partial charge is 0.486 e. The third-order valence-electron chi connectivity index (χ3n) is 6.31. The van der Waals surface area contributed by atoms with E-state index in [1.54, 1.807) is 23.6 Å². The highest BCUT2D eigenvalue weighted by Crippen LogP contribution is 2.39. The Hall–Kier alpha value is -2.99. The van der Waals surface area contributed by atoms with E-state index in [0.717, 1.165) is 5.39 Å². The highest BCUT2D eigenvalue weighted by Gasteiger charge is 2.46. The molecule has 2 N–H and O–H groups in total. The van der Waals surface area contributed by atoms with Gasteiger partial charge in [-0.25, -0.2) is 4.98 Å². The van der Waals surface area contributed by atoms with Crippen molar-refractivity contribution in [3.8, 4) is 17.3 Å². The number of alkyl halides is 3. The number of pyridine rings is 2. The Morgan fingerprint density at radius 1 is 1.14 bits per heavy atom. The van der Waals surface area contributed by atoms with Crippen molar-refractivity contribution in [2.75, 3.05) is 26.8 Å². The van der Waals surface area contributed by atoms with Gasteiger partial charge in [-0.05, 0) is 37.1 Å². The van der Waals surface area contributed by atoms with Crippen molar-refractivity contribution >= 4 is 29.0 Å². The lowest BCUT2D eigenvalue weighted by Crippen LogP contribution is -2.38. The Bertz CT molecular complexity index is 1380. The van der Waals surface area contributed by atoms with Crippen LogP contribution in [0.2, 0.25) is 0 Å². The number of rotatable bonds is 7. The van der Waals surface area contributed by atoms with Crippen LogP contribution in [-0.2, 0) is 4.74 Å². The summed E-state index contributed by atoms with van der Waals surface area (Å²) in [6.07, 6.45) is -2.68. The van der Waals surface area contributed by atoms with Crippen LogP contribution in [0.1, 0.15) is 24.9 Å². The molecule has 0 spiro atoms. The van der Waals surface area contributed by atoms with E-state index in [4.69, 9.17) is 20.2 Å². The molecule has 5 rings (SSSR count). The molecule has 37 heavy (non-hydrogen) atoms. The maximum atomic E-state index is 14.2. The van der Waals surface area contributed by atoms with Crippen LogP contribution in [0.5, 0.6) is 5.75 Å². The van der Waals surface area contributed by atoms with Gasteiger partial charge < -0.3 is 15.2 Å². The van der Waals surface area contributed by atoms with E-state index in [1.807, 2.05) is 31.2 Å². The van der Waals surface area contributed by atoms with Crippen LogP contribution in [0.3, 0.4) is 0 Å². The van der Waals surface area contributed by atoms with Gasteiger partial charge in [0.2, 0.25) is 0 Å². The van der Waals surface area contributed by atoms with Crippen LogP contribution in [0.25, 0.3) is 28.1 Å². The molecule has 0 radical (unpaired) electrons. The fourth-order valence-corrected chi connectivity index (χ4v) is 4.73. The van der Waals surface area contributed by atoms with Crippen LogP contribution in [-0.4, -0.2) is 69.6 Å². The van der Waals surface area contributed by atoms with E-state index in [9.17, 15) is 13.2 Å². The number of nitrogens with two attached hydrogens (primary N) is 1. The number of benzene rings is 1. The minimum atomic E-state index is -4.46. The average Bonchev–Trinajstić information content (AvgIpc) is 3.44. The number of para-hydroxylation sites is 1. The van der Waals surface area contributed by atoms with Crippen molar-refractivity contribution < 1.29 is 22.6 Å². The number of hydrogen-bond donors (Lipinski definition) is 1. The van der Waals surface area contributed by atoms with Gasteiger partial charge >= 0.3 is 6.18 Å². The molecule has 0 aliphatic carbocycles. The molecule has 0 bridgehead atoms. The molecule has 1 fully saturated rings. The van der Waals surface area contributed by atoms with E-state index < -0.39 is 12.2 Å². The van der Waals surface area contributed by atoms with E-state index in [2.05, 4.69) is 10.2 Å². The minimum absolute atomic E-state index is 0. The van der Waals surface area contributed by atoms with Crippen molar-refractivity contribution in [1.82, 2.24) is 24.5 Å². The summed E-state index contributed by atoms with van der Waals surface area (Å²) in [4.78, 5) is 6.14. The van der Waals surface area contributed by atoms with Gasteiger partial charge in [0.15, 0.2) is 11.5 Å². The molecule has 198 valence electrons. The van der Waals surface area contributed by atoms with Gasteiger partial charge in [-0.3, -0.25) is 9.30 Å². The summed E-state index contributed by atoms with van der Waals surface area (Å²) in [5.74, 6) is 0.920. The first-order valence-corrected chi connectivity index (χ1v) is 11.7. The van der Waals surface area contributed by atoms with Gasteiger partial charge in [-0.1, -0.05) is 24.3 Å². The molecule has 1 aliphatic heterocycles. The molecule has 4 heterocycles. The Morgan fingerprint density at radius 2 is 1.95 bits per heavy atom. The normalized spacial score (nSPS) is 18.2. The molecule has 3 atom stereocenters. The van der Waals surface area contributed by atoms with E-state index >= 15 is 0 Å². The Labute approximate surface area is 218 Å². The zero-order chi connectivity index (χ0) is 25.4. The summed E-state index contributed by atoms with van der Waals surface area (Å²) in [5, 5.41) is 9.25. The van der Waals surface area contributed by atoms with Gasteiger partial charge in [0.1, 0.15) is 29.1 Å². The van der Waals surface area contributed by atoms with Gasteiger partial charge in [0.05, 0.1) is 6.61 Å². The Kier molecular flexibility index (Phi) is 7.88. The molecule has 3 aromatic heterocycles. The topological polar surface area (TPSA) is 90.8 Å². The molecule has 1 aliphatic rings. The van der Waals surface area contributed by atoms with Crippen molar-refractivity contribution in [2.24, 2.45) is 5.73 Å². The first-order chi connectivity index (χ1) is 17.2. The second-order valence-electron chi connectivity index (χ2n) is 9.11. The fraction of sp³-hybridized carbons (Fsp3) is 0.400. The summed E-state index contributed by atoms with van der Waals surface area (Å²) < 4.78 is 55.2. The van der Waals surface area contributed by atoms with Gasteiger partial charge in [-0.2, -0.15) is 13.2 Å². The van der Waals surface area contributed by atoms with Gasteiger partial charge in [0, 0.05) is 37.8 Å². The SMILES string of the molecule is COCC(C)Oc1cccc2ccc(-c3nnc4ccc([C@@H](N5CC[C@H](N)C5)C(F)(F)F)cn34)nc12.Cl. The molecule has 1 saturated heterocycles. The van der Waals surface area contributed by atoms with E-state index in [1.165, 1.54) is 17.2 Å². The molecular weight excluding hydrogens is 509 g/mol. The lowest BCUT2D eigenvalue weighted by atomic mass is 10.1. The average molecular weight is 537 g/mol. The number of likely N-dealkylation sites (tertiary alicyclic amines) is 1. The zero-order valence-corrected chi connectivity index (χ0v) is 21.2. The number of ether oxygens (including phenoxy) is 2. The summed E-state index contributed by atoms with van der Waals surface area (Å²) in [6, 6.07) is 10.2. The van der Waals surface area contributed by atoms with Crippen LogP contribution < -0.4 is 10.5 Å². The molecule has 1 aromatic carbocycles. The van der Waals surface area contributed by atoms with Crippen molar-refractivity contribution in [3.05, 3.63) is 54.2 Å². The molecule has 1 unspecified atom stereocenters. The van der Waals surface area contributed by atoms with Crippen molar-refractivity contribution in [1.29, 1.82) is 0 Å². The second-order valence-corrected chi connectivity index (χ2v) is 9.11. The van der Waals surface area contributed by atoms with Crippen molar-refractivity contribution in [3.63, 3.8) is 0 Å². The summed E-state index contributed by atoms with van der Waals surface area (Å²) in [6.45, 7) is 2.78. The van der Waals surface area contributed by atoms with E-state index in [-0.39, 0.29) is 43.2 Å². The van der Waals surface area contributed by atoms with Crippen LogP contribution in [0.15, 0.2) is 48.7 Å². The molecular formula is C25H28ClF3N6O2. The minimum Gasteiger partial charge on any atom is -0.486 e. The number of hydrogen-bond acceptors (Lipinski definition) is 7. The summed E-state index contributed by atoms with van der Waals surface area (Å²) >= 11 is 0. The summed E-state index contributed by atoms with van der Waals surface area (Å²) in [5.41, 5.74) is 7.51. The van der Waals surface area contributed by atoms with Crippen LogP contribution >= 0.6 is 12.4 Å². The Morgan fingerprint density at radius 3 is 2.65 bits per heavy atom. The molecule has 0 saturated carbocycles. The standard InChI is InChI=1S/C25H27F3N6O2.ClH/c1-15(14-35-2)36-20-5-3-4-16-6-8-19(30-22(16)20)24-32-31-21-9-7-17(12-34(21)24)23(25(26,27)28)33-11-10-18(29)13-33;/h3-9,12,15,18,23H,10-11,13-14,29H2,1-2H3;1H/t15?,18-,23+;/m0./s1. The number of fused-ring (bicyclic) bond motifs is 2. The maximum Gasteiger partial charge on any atom is 0.408 e. The predicted octanol–water partition coefficient (Wildman–Crippen LogP) is 4.42. The van der Waals surface area contributed by atoms with Crippen LogP contribution in [0.4, 0.5) is 13.2 Å². The van der Waals surface area contributed by atoms with Gasteiger partial charge in [0.25, 0.3) is 0 Å². The number of methoxy groups -OCH3 is 1. The highest BCUT2D eigenvalue weighted by molar-refractivity contribution is 5.86. The van der Waals surface area contributed by atoms with E-state index in [0.29, 0.717) is 41.5 Å². The number of aromatic nitrogens is 4. The molecule has 12 heteroatoms. The zero-order valence-electron chi connectivity index (χ0n) is 20.4. The highest BCUT2D eigenvalue weighted by atomic mass is 35.5. The third kappa shape index (κ3) is 5.49.